The van der Waals surface area contributed by atoms with Gasteiger partial charge >= 0.3 is 0 Å². The van der Waals surface area contributed by atoms with Gasteiger partial charge in [0.15, 0.2) is 4.30 Å². The molecule has 0 unspecified atom stereocenters. The Morgan fingerprint density at radius 3 is 0.509 bits per heavy atom. The van der Waals surface area contributed by atoms with Crippen molar-refractivity contribution >= 4 is 82.5 Å². The summed E-state index contributed by atoms with van der Waals surface area (Å²) in [5.41, 5.74) is 11.5. The van der Waals surface area contributed by atoms with Crippen LogP contribution in [0.3, 0.4) is 0 Å². The summed E-state index contributed by atoms with van der Waals surface area (Å²) < 4.78 is 78.3. The summed E-state index contributed by atoms with van der Waals surface area (Å²) in [6.07, 6.45) is 0. The topological polar surface area (TPSA) is 78.7 Å². The summed E-state index contributed by atoms with van der Waals surface area (Å²) in [4.78, 5) is 14.5. The first-order chi connectivity index (χ1) is 25.0. The summed E-state index contributed by atoms with van der Waals surface area (Å²) in [5.74, 6) is -1.81. The number of hydrogen-bond donors (Lipinski definition) is 0. The van der Waals surface area contributed by atoms with Gasteiger partial charge in [-0.1, -0.05) is 34.8 Å². The Morgan fingerprint density at radius 1 is 0.321 bits per heavy atom. The molecule has 0 fully saturated rings. The van der Waals surface area contributed by atoms with Gasteiger partial charge < -0.3 is 0 Å². The number of benzene rings is 6. The molecule has 0 N–H and O–H groups in total. The van der Waals surface area contributed by atoms with Gasteiger partial charge in [0.1, 0.15) is 77.9 Å². The number of alkyl halides is 3. The molecule has 16 heteroatoms. The van der Waals surface area contributed by atoms with Gasteiger partial charge in [0.25, 0.3) is 0 Å². The Morgan fingerprint density at radius 2 is 0.415 bits per heavy atom. The number of rotatable bonds is 6. The van der Waals surface area contributed by atoms with E-state index in [0.29, 0.717) is 0 Å². The first-order valence-corrected chi connectivity index (χ1v) is 18.9. The Labute approximate surface area is 330 Å². The third-order valence-corrected chi connectivity index (χ3v) is 12.3. The smallest absolute Gasteiger partial charge is 0.180 e. The van der Waals surface area contributed by atoms with Crippen molar-refractivity contribution in [1.82, 2.24) is 11.2 Å². The fourth-order valence-corrected chi connectivity index (χ4v) is 9.70. The van der Waals surface area contributed by atoms with E-state index >= 15 is 0 Å². The van der Waals surface area contributed by atoms with Crippen molar-refractivity contribution in [3.05, 3.63) is 190 Å². The molecule has 6 rings (SSSR count). The molecule has 0 aliphatic heterocycles. The molecule has 0 saturated heterocycles. The zero-order chi connectivity index (χ0) is 38.6. The van der Waals surface area contributed by atoms with E-state index in [1.54, 1.807) is 72.8 Å². The molecule has 4 nitrogen and oxygen atoms in total. The zero-order valence-electron chi connectivity index (χ0n) is 26.9. The first kappa shape index (κ1) is 47.4. The molecule has 6 aromatic rings. The predicted octanol–water partition coefficient (Wildman–Crippen LogP) is 8.28. The molecule has 0 aliphatic rings. The maximum atomic E-state index is 13.2. The van der Waals surface area contributed by atoms with Crippen LogP contribution in [-0.2, 0) is 17.1 Å². The van der Waals surface area contributed by atoms with Crippen LogP contribution in [0.2, 0.25) is 0 Å². The first-order valence-electron chi connectivity index (χ1n) is 14.6. The molecule has 0 spiro atoms. The molecule has 0 heterocycles. The third-order valence-electron chi connectivity index (χ3n) is 6.80. The van der Waals surface area contributed by atoms with Crippen LogP contribution in [0.4, 0.5) is 26.3 Å². The zero-order valence-corrected chi connectivity index (χ0v) is 32.3. The van der Waals surface area contributed by atoms with Crippen molar-refractivity contribution in [3.8, 4) is 0 Å². The molecular weight excluding hydrogens is 843 g/mol. The second-order valence-electron chi connectivity index (χ2n) is 10.0. The summed E-state index contributed by atoms with van der Waals surface area (Å²) in [6.45, 7) is 0. The molecule has 276 valence electrons. The van der Waals surface area contributed by atoms with Crippen LogP contribution in [0.25, 0.3) is 0 Å². The molecule has 6 aromatic carbocycles. The van der Waals surface area contributed by atoms with Crippen molar-refractivity contribution in [2.24, 2.45) is 0 Å². The van der Waals surface area contributed by atoms with Crippen molar-refractivity contribution in [2.45, 2.75) is 4.30 Å². The number of nitroso groups, excluding NO2 is 2. The SMILES string of the molecule is ClC(Cl)Cl.Fc1ccc([PH+](c2ccc(F)cc2)c2ccc(F)cc2)cc1.Fc1ccc([PH+](c2ccc(F)cc2)c2ccc(F)cc2)cc1.[Fe].[N]=O.[N]=O. The van der Waals surface area contributed by atoms with Crippen LogP contribution in [0.5, 0.6) is 0 Å². The molecule has 0 saturated carbocycles. The summed E-state index contributed by atoms with van der Waals surface area (Å²) in [5, 5.41) is 5.78. The van der Waals surface area contributed by atoms with E-state index < -0.39 is 20.1 Å². The Bertz CT molecular complexity index is 1550. The molecule has 0 amide bonds. The molecule has 0 aromatic heterocycles. The average Bonchev–Trinajstić information content (AvgIpc) is 3.15. The van der Waals surface area contributed by atoms with E-state index in [1.165, 1.54) is 72.8 Å². The number of hydrogen-bond acceptors (Lipinski definition) is 2. The normalized spacial score (nSPS) is 9.89. The minimum atomic E-state index is -1.43. The molecule has 0 aliphatic carbocycles. The standard InChI is InChI=1S/2C18H12F3P.CHCl3.Fe.2NO/c2*19-13-1-7-16(8-2-13)22(17-9-3-14(20)4-10-17)18-11-5-15(21)6-12-18;2-1(3)4;;2*1-2/h2*1-12H;1H;;;/p+2. The van der Waals surface area contributed by atoms with Crippen molar-refractivity contribution in [2.75, 3.05) is 0 Å². The fourth-order valence-electron chi connectivity index (χ4n) is 4.70. The van der Waals surface area contributed by atoms with E-state index in [1.807, 2.05) is 0 Å². The van der Waals surface area contributed by atoms with E-state index in [0.717, 1.165) is 31.8 Å². The monoisotopic (exact) mass is 868 g/mol. The maximum absolute atomic E-state index is 13.2. The molecule has 53 heavy (non-hydrogen) atoms. The van der Waals surface area contributed by atoms with Gasteiger partial charge in [0.2, 0.25) is 0 Å². The Balaban J connectivity index is 0.000000437. The Hall–Kier alpha value is -3.65. The molecular formula is C37H27Cl3F6FeN2O2P2+2. The minimum absolute atomic E-state index is 0. The van der Waals surface area contributed by atoms with Crippen LogP contribution < -0.4 is 43.0 Å². The van der Waals surface area contributed by atoms with Crippen LogP contribution in [0, 0.1) is 44.7 Å². The number of halogens is 9. The molecule has 2 radical (unpaired) electrons. The van der Waals surface area contributed by atoms with Gasteiger partial charge in [-0.15, -0.1) is 9.81 Å². The van der Waals surface area contributed by atoms with E-state index in [9.17, 15) is 26.3 Å². The van der Waals surface area contributed by atoms with Crippen LogP contribution in [0.1, 0.15) is 0 Å². The average molecular weight is 870 g/mol. The molecule has 0 atom stereocenters. The van der Waals surface area contributed by atoms with Gasteiger partial charge in [-0.2, -0.15) is 0 Å². The fraction of sp³-hybridized carbons (Fsp3) is 0.0270. The van der Waals surface area contributed by atoms with E-state index in [2.05, 4.69) is 0 Å². The van der Waals surface area contributed by atoms with Crippen LogP contribution in [0.15, 0.2) is 146 Å². The third kappa shape index (κ3) is 16.1. The maximum Gasteiger partial charge on any atom is 0.180 e. The quantitative estimate of drug-likeness (QED) is 0.0732. The van der Waals surface area contributed by atoms with Gasteiger partial charge in [-0.3, -0.25) is 0 Å². The predicted molar refractivity (Wildman–Crippen MR) is 205 cm³/mol. The summed E-state index contributed by atoms with van der Waals surface area (Å²) in [7, 11) is -2.85. The minimum Gasteiger partial charge on any atom is -0.207 e. The second-order valence-corrected chi connectivity index (χ2v) is 17.0. The van der Waals surface area contributed by atoms with Gasteiger partial charge in [-0.05, 0) is 146 Å². The number of nitrogens with zero attached hydrogens (tertiary/aromatic N) is 2. The van der Waals surface area contributed by atoms with Crippen LogP contribution in [-0.4, -0.2) is 4.30 Å². The van der Waals surface area contributed by atoms with Gasteiger partial charge in [0, 0.05) is 17.1 Å². The summed E-state index contributed by atoms with van der Waals surface area (Å²) in [6, 6.07) is 37.7. The van der Waals surface area contributed by atoms with Crippen molar-refractivity contribution in [3.63, 3.8) is 0 Å². The Kier molecular flexibility index (Phi) is 22.7. The van der Waals surface area contributed by atoms with Gasteiger partial charge in [-0.25, -0.2) is 26.3 Å². The molecule has 0 bridgehead atoms. The van der Waals surface area contributed by atoms with Crippen molar-refractivity contribution in [1.29, 1.82) is 0 Å². The van der Waals surface area contributed by atoms with E-state index in [4.69, 9.17) is 55.8 Å². The van der Waals surface area contributed by atoms with Crippen LogP contribution >= 0.6 is 50.6 Å². The van der Waals surface area contributed by atoms with Gasteiger partial charge in [0.05, 0.1) is 15.8 Å². The second kappa shape index (κ2) is 25.4. The van der Waals surface area contributed by atoms with E-state index in [-0.39, 0.29) is 52.0 Å². The largest absolute Gasteiger partial charge is 0.207 e. The summed E-state index contributed by atoms with van der Waals surface area (Å²) >= 11 is 14.4. The van der Waals surface area contributed by atoms with Crippen molar-refractivity contribution < 1.29 is 43.4 Å².